The highest BCUT2D eigenvalue weighted by Gasteiger charge is 2.25. The maximum Gasteiger partial charge on any atom is 0.306 e. The van der Waals surface area contributed by atoms with Crippen LogP contribution in [0.15, 0.2) is 109 Å². The van der Waals surface area contributed by atoms with Gasteiger partial charge in [-0.3, -0.25) is 9.59 Å². The first-order valence-electron chi connectivity index (χ1n) is 20.9. The third-order valence-corrected chi connectivity index (χ3v) is 8.40. The van der Waals surface area contributed by atoms with Crippen molar-refractivity contribution in [3.8, 4) is 0 Å². The molecule has 0 radical (unpaired) electrons. The second-order valence-electron chi connectivity index (χ2n) is 14.5. The highest BCUT2D eigenvalue weighted by molar-refractivity contribution is 5.70. The minimum Gasteiger partial charge on any atom is -0.544 e. The zero-order valence-electron chi connectivity index (χ0n) is 35.5. The molecule has 0 aliphatic heterocycles. The van der Waals surface area contributed by atoms with Crippen LogP contribution in [0.25, 0.3) is 0 Å². The molecular formula is C48H75NO7. The van der Waals surface area contributed by atoms with Crippen molar-refractivity contribution in [1.82, 2.24) is 0 Å². The molecule has 0 N–H and O–H groups in total. The van der Waals surface area contributed by atoms with E-state index in [-0.39, 0.29) is 55.5 Å². The van der Waals surface area contributed by atoms with Crippen molar-refractivity contribution in [1.29, 1.82) is 0 Å². The van der Waals surface area contributed by atoms with Crippen LogP contribution in [0.4, 0.5) is 0 Å². The van der Waals surface area contributed by atoms with Crippen LogP contribution in [0.3, 0.4) is 0 Å². The highest BCUT2D eigenvalue weighted by atomic mass is 16.6. The molecule has 0 heterocycles. The van der Waals surface area contributed by atoms with Crippen LogP contribution in [0.1, 0.15) is 123 Å². The van der Waals surface area contributed by atoms with Gasteiger partial charge in [0.05, 0.1) is 40.3 Å². The summed E-state index contributed by atoms with van der Waals surface area (Å²) < 4.78 is 17.0. The third kappa shape index (κ3) is 35.7. The number of unbranched alkanes of at least 4 members (excludes halogenated alkanes) is 3. The summed E-state index contributed by atoms with van der Waals surface area (Å²) in [4.78, 5) is 36.7. The molecule has 0 fully saturated rings. The van der Waals surface area contributed by atoms with Gasteiger partial charge in [0.15, 0.2) is 6.10 Å². The molecule has 0 saturated heterocycles. The minimum absolute atomic E-state index is 0.00276. The number of aliphatic carboxylic acids is 1. The van der Waals surface area contributed by atoms with Crippen LogP contribution in [0.5, 0.6) is 0 Å². The van der Waals surface area contributed by atoms with E-state index in [0.717, 1.165) is 77.0 Å². The van der Waals surface area contributed by atoms with Gasteiger partial charge in [-0.05, 0) is 89.9 Å². The number of esters is 2. The largest absolute Gasteiger partial charge is 0.544 e. The molecule has 0 aliphatic carbocycles. The molecule has 56 heavy (non-hydrogen) atoms. The molecule has 8 nitrogen and oxygen atoms in total. The first-order chi connectivity index (χ1) is 27.1. The smallest absolute Gasteiger partial charge is 0.306 e. The molecule has 8 heteroatoms. The number of nitrogens with zero attached hydrogens (tertiary/aromatic N) is 1. The van der Waals surface area contributed by atoms with Crippen LogP contribution in [-0.4, -0.2) is 75.5 Å². The number of quaternary nitrogens is 1. The summed E-state index contributed by atoms with van der Waals surface area (Å²) in [6.45, 7) is 4.29. The second-order valence-corrected chi connectivity index (χ2v) is 14.5. The lowest BCUT2D eigenvalue weighted by Crippen LogP contribution is -2.55. The fourth-order valence-corrected chi connectivity index (χ4v) is 5.21. The maximum absolute atomic E-state index is 12.7. The van der Waals surface area contributed by atoms with Gasteiger partial charge in [0.25, 0.3) is 0 Å². The third-order valence-electron chi connectivity index (χ3n) is 8.40. The molecule has 0 amide bonds. The van der Waals surface area contributed by atoms with E-state index in [1.165, 1.54) is 0 Å². The van der Waals surface area contributed by atoms with Crippen molar-refractivity contribution in [2.45, 2.75) is 135 Å². The van der Waals surface area contributed by atoms with E-state index in [1.54, 1.807) is 21.1 Å². The predicted octanol–water partition coefficient (Wildman–Crippen LogP) is 9.96. The highest BCUT2D eigenvalue weighted by Crippen LogP contribution is 2.10. The lowest BCUT2D eigenvalue weighted by molar-refractivity contribution is -0.889. The molecule has 0 saturated carbocycles. The number of allylic oxidation sites excluding steroid dienone is 18. The average Bonchev–Trinajstić information content (AvgIpc) is 3.15. The Kier molecular flexibility index (Phi) is 35.2. The average molecular weight is 778 g/mol. The molecule has 0 aromatic rings. The van der Waals surface area contributed by atoms with Gasteiger partial charge in [-0.15, -0.1) is 0 Å². The molecule has 0 spiro atoms. The molecule has 0 bridgehead atoms. The van der Waals surface area contributed by atoms with Crippen molar-refractivity contribution < 1.29 is 38.2 Å². The van der Waals surface area contributed by atoms with Crippen molar-refractivity contribution in [3.05, 3.63) is 109 Å². The first-order valence-corrected chi connectivity index (χ1v) is 20.9. The fraction of sp³-hybridized carbons (Fsp3) is 0.562. The molecule has 0 aromatic carbocycles. The zero-order valence-corrected chi connectivity index (χ0v) is 35.5. The summed E-state index contributed by atoms with van der Waals surface area (Å²) in [5.74, 6) is -1.88. The number of hydrogen-bond acceptors (Lipinski definition) is 7. The van der Waals surface area contributed by atoms with Crippen LogP contribution >= 0.6 is 0 Å². The van der Waals surface area contributed by atoms with Crippen molar-refractivity contribution in [2.24, 2.45) is 0 Å². The van der Waals surface area contributed by atoms with E-state index in [1.807, 2.05) is 0 Å². The van der Waals surface area contributed by atoms with Gasteiger partial charge in [0, 0.05) is 19.3 Å². The van der Waals surface area contributed by atoms with Crippen molar-refractivity contribution in [2.75, 3.05) is 41.0 Å². The van der Waals surface area contributed by atoms with Gasteiger partial charge in [0.2, 0.25) is 0 Å². The van der Waals surface area contributed by atoms with Gasteiger partial charge >= 0.3 is 11.9 Å². The lowest BCUT2D eigenvalue weighted by Gasteiger charge is -2.34. The molecule has 314 valence electrons. The number of carbonyl (C=O) groups excluding carboxylic acids is 3. The van der Waals surface area contributed by atoms with Gasteiger partial charge in [-0.25, -0.2) is 0 Å². The number of hydrogen-bond donors (Lipinski definition) is 0. The van der Waals surface area contributed by atoms with E-state index < -0.39 is 18.1 Å². The van der Waals surface area contributed by atoms with Gasteiger partial charge in [-0.1, -0.05) is 123 Å². The van der Waals surface area contributed by atoms with Crippen LogP contribution < -0.4 is 5.11 Å². The number of ether oxygens (including phenoxy) is 3. The SMILES string of the molecule is CC/C=C/C/C=C/C/C=C/C/C=C/C/C=C/C/C=C/CCCC(=O)OC(COCCC(C(=O)[O-])[N+](C)(C)C)COC(=O)CCCC/C=C/C/C=C/C/C=C/CC. The van der Waals surface area contributed by atoms with E-state index in [0.29, 0.717) is 12.8 Å². The number of carboxylic acid groups (broad SMARTS) is 1. The zero-order chi connectivity index (χ0) is 41.4. The Balaban J connectivity index is 4.55. The van der Waals surface area contributed by atoms with Crippen LogP contribution in [0.2, 0.25) is 0 Å². The summed E-state index contributed by atoms with van der Waals surface area (Å²) in [6, 6.07) is -0.748. The number of carboxylic acids is 1. The Bertz CT molecular complexity index is 1280. The fourth-order valence-electron chi connectivity index (χ4n) is 5.21. The van der Waals surface area contributed by atoms with E-state index in [2.05, 4.69) is 123 Å². The second kappa shape index (κ2) is 37.9. The molecule has 2 atom stereocenters. The van der Waals surface area contributed by atoms with E-state index in [4.69, 9.17) is 14.2 Å². The van der Waals surface area contributed by atoms with Gasteiger partial charge in [0.1, 0.15) is 12.6 Å². The maximum atomic E-state index is 12.7. The van der Waals surface area contributed by atoms with E-state index >= 15 is 0 Å². The Morgan fingerprint density at radius 1 is 0.536 bits per heavy atom. The summed E-state index contributed by atoms with van der Waals surface area (Å²) in [7, 11) is 5.35. The molecule has 0 aliphatic rings. The topological polar surface area (TPSA) is 102 Å². The molecular weight excluding hydrogens is 703 g/mol. The predicted molar refractivity (Wildman–Crippen MR) is 231 cm³/mol. The quantitative estimate of drug-likeness (QED) is 0.0273. The summed E-state index contributed by atoms with van der Waals surface area (Å²) in [6.07, 6.45) is 51.3. The number of likely N-dealkylation sites (N-methyl/N-ethyl adjacent to an activating group) is 1. The molecule has 0 rings (SSSR count). The standard InChI is InChI=1S/C48H75NO7/c1-6-8-10-12-14-16-18-20-21-22-23-24-25-26-27-29-31-33-35-37-39-47(51)56-44(42-54-41-40-45(48(52)53)49(3,4)5)43-55-46(50)38-36-34-32-30-28-19-17-15-13-11-9-7-2/h8-11,14-17,20-21,23-24,26-28,30-31,33,44-45H,6-7,12-13,18-19,22,25,29,32,34-43H2,1-5H3/b10-8+,11-9+,16-14+,17-15+,21-20+,24-23+,27-26+,30-28+,33-31+. The molecule has 2 unspecified atom stereocenters. The monoisotopic (exact) mass is 778 g/mol. The first kappa shape index (κ1) is 52.0. The minimum atomic E-state index is -1.15. The van der Waals surface area contributed by atoms with Crippen molar-refractivity contribution in [3.63, 3.8) is 0 Å². The Morgan fingerprint density at radius 3 is 1.38 bits per heavy atom. The Hall–Kier alpha value is -4.01. The number of rotatable bonds is 35. The normalized spacial score (nSPS) is 14.1. The number of carbonyl (C=O) groups is 3. The lowest BCUT2D eigenvalue weighted by atomic mass is 10.1. The van der Waals surface area contributed by atoms with Crippen LogP contribution in [0, 0.1) is 0 Å². The Morgan fingerprint density at radius 2 is 0.946 bits per heavy atom. The van der Waals surface area contributed by atoms with E-state index in [9.17, 15) is 19.5 Å². The molecule has 0 aromatic heterocycles. The Labute approximate surface area is 340 Å². The van der Waals surface area contributed by atoms with Gasteiger partial charge < -0.3 is 28.6 Å². The van der Waals surface area contributed by atoms with Gasteiger partial charge in [-0.2, -0.15) is 0 Å². The van der Waals surface area contributed by atoms with Crippen LogP contribution in [-0.2, 0) is 28.6 Å². The summed E-state index contributed by atoms with van der Waals surface area (Å²) >= 11 is 0. The van der Waals surface area contributed by atoms with Crippen molar-refractivity contribution >= 4 is 17.9 Å². The summed E-state index contributed by atoms with van der Waals surface area (Å²) in [5, 5.41) is 11.6. The summed E-state index contributed by atoms with van der Waals surface area (Å²) in [5.41, 5.74) is 0.